The number of hydrogen-bond donors (Lipinski definition) is 1. The third-order valence-corrected chi connectivity index (χ3v) is 2.17. The fraction of sp³-hybridized carbons (Fsp3) is 0.300. The highest BCUT2D eigenvalue weighted by Crippen LogP contribution is 2.28. The number of rotatable bonds is 2. The van der Waals surface area contributed by atoms with Crippen molar-refractivity contribution in [3.63, 3.8) is 0 Å². The van der Waals surface area contributed by atoms with Crippen molar-refractivity contribution in [3.05, 3.63) is 24.3 Å². The SMILES string of the molecule is O=C1COC(O)N1c1cccc(OC(F)(F)F)c1. The van der Waals surface area contributed by atoms with Crippen molar-refractivity contribution in [1.82, 2.24) is 0 Å². The molecule has 1 N–H and O–H groups in total. The topological polar surface area (TPSA) is 59.0 Å². The van der Waals surface area contributed by atoms with Crippen LogP contribution >= 0.6 is 0 Å². The van der Waals surface area contributed by atoms with E-state index in [-0.39, 0.29) is 12.3 Å². The minimum absolute atomic E-state index is 0.0618. The number of hydrogen-bond acceptors (Lipinski definition) is 4. The number of alkyl halides is 3. The van der Waals surface area contributed by atoms with Gasteiger partial charge in [0.25, 0.3) is 5.91 Å². The second kappa shape index (κ2) is 4.46. The number of carbonyl (C=O) groups is 1. The van der Waals surface area contributed by atoms with Crippen molar-refractivity contribution < 1.29 is 32.5 Å². The molecule has 0 bridgehead atoms. The molecule has 5 nitrogen and oxygen atoms in total. The molecule has 1 aromatic rings. The van der Waals surface area contributed by atoms with E-state index in [1.807, 2.05) is 0 Å². The quantitative estimate of drug-likeness (QED) is 0.871. The van der Waals surface area contributed by atoms with E-state index in [1.165, 1.54) is 12.1 Å². The van der Waals surface area contributed by atoms with Gasteiger partial charge in [0.1, 0.15) is 12.4 Å². The summed E-state index contributed by atoms with van der Waals surface area (Å²) in [6.07, 6.45) is -6.32. The van der Waals surface area contributed by atoms with Crippen LogP contribution in [-0.4, -0.2) is 30.4 Å². The largest absolute Gasteiger partial charge is 0.573 e. The van der Waals surface area contributed by atoms with Crippen LogP contribution in [0.5, 0.6) is 5.75 Å². The number of carbonyl (C=O) groups excluding carboxylic acids is 1. The van der Waals surface area contributed by atoms with Gasteiger partial charge in [-0.25, -0.2) is 0 Å². The zero-order valence-electron chi connectivity index (χ0n) is 8.85. The summed E-state index contributed by atoms with van der Waals surface area (Å²) in [5, 5.41) is 9.36. The van der Waals surface area contributed by atoms with E-state index in [9.17, 15) is 23.1 Å². The molecule has 0 aromatic heterocycles. The van der Waals surface area contributed by atoms with Gasteiger partial charge in [-0.1, -0.05) is 6.07 Å². The maximum atomic E-state index is 12.0. The molecule has 2 rings (SSSR count). The van der Waals surface area contributed by atoms with E-state index in [1.54, 1.807) is 0 Å². The second-order valence-electron chi connectivity index (χ2n) is 3.45. The number of aliphatic hydroxyl groups is 1. The second-order valence-corrected chi connectivity index (χ2v) is 3.45. The molecular weight excluding hydrogens is 255 g/mol. The van der Waals surface area contributed by atoms with E-state index in [4.69, 9.17) is 0 Å². The first-order valence-electron chi connectivity index (χ1n) is 4.84. The lowest BCUT2D eigenvalue weighted by atomic mass is 10.3. The fourth-order valence-electron chi connectivity index (χ4n) is 1.52. The summed E-state index contributed by atoms with van der Waals surface area (Å²) in [4.78, 5) is 12.2. The molecule has 0 saturated carbocycles. The number of benzene rings is 1. The first-order valence-corrected chi connectivity index (χ1v) is 4.84. The van der Waals surface area contributed by atoms with Gasteiger partial charge in [-0.3, -0.25) is 9.69 Å². The smallest absolute Gasteiger partial charge is 0.406 e. The Kier molecular flexibility index (Phi) is 3.14. The van der Waals surface area contributed by atoms with Crippen LogP contribution in [0, 0.1) is 0 Å². The third kappa shape index (κ3) is 2.71. The van der Waals surface area contributed by atoms with Crippen LogP contribution in [-0.2, 0) is 9.53 Å². The van der Waals surface area contributed by atoms with E-state index >= 15 is 0 Å². The minimum Gasteiger partial charge on any atom is -0.406 e. The molecule has 0 spiro atoms. The standard InChI is InChI=1S/C10H8F3NO4/c11-10(12,13)18-7-3-1-2-6(4-7)14-8(15)5-17-9(14)16/h1-4,9,16H,5H2. The molecule has 18 heavy (non-hydrogen) atoms. The van der Waals surface area contributed by atoms with E-state index in [2.05, 4.69) is 9.47 Å². The Morgan fingerprint density at radius 2 is 2.17 bits per heavy atom. The minimum atomic E-state index is -4.82. The van der Waals surface area contributed by atoms with E-state index in [0.29, 0.717) is 0 Å². The molecule has 8 heteroatoms. The summed E-state index contributed by atoms with van der Waals surface area (Å²) >= 11 is 0. The first kappa shape index (κ1) is 12.7. The van der Waals surface area contributed by atoms with Crippen molar-refractivity contribution >= 4 is 11.6 Å². The van der Waals surface area contributed by atoms with Gasteiger partial charge < -0.3 is 14.6 Å². The van der Waals surface area contributed by atoms with Crippen molar-refractivity contribution in [2.24, 2.45) is 0 Å². The average molecular weight is 263 g/mol. The van der Waals surface area contributed by atoms with Crippen molar-refractivity contribution in [1.29, 1.82) is 0 Å². The number of ether oxygens (including phenoxy) is 2. The van der Waals surface area contributed by atoms with Gasteiger partial charge in [-0.15, -0.1) is 13.2 Å². The lowest BCUT2D eigenvalue weighted by Crippen LogP contribution is -2.33. The molecule has 98 valence electrons. The third-order valence-electron chi connectivity index (χ3n) is 2.17. The molecule has 0 radical (unpaired) electrons. The maximum absolute atomic E-state index is 12.0. The van der Waals surface area contributed by atoms with Crippen molar-refractivity contribution in [2.75, 3.05) is 11.5 Å². The Hall–Kier alpha value is -1.80. The zero-order valence-corrected chi connectivity index (χ0v) is 8.85. The zero-order chi connectivity index (χ0) is 13.3. The van der Waals surface area contributed by atoms with Gasteiger partial charge in [0.2, 0.25) is 6.41 Å². The molecule has 1 amide bonds. The van der Waals surface area contributed by atoms with Crippen LogP contribution in [0.1, 0.15) is 0 Å². The van der Waals surface area contributed by atoms with E-state index in [0.717, 1.165) is 17.0 Å². The molecule has 1 aliphatic heterocycles. The summed E-state index contributed by atoms with van der Waals surface area (Å²) in [6, 6.07) is 4.71. The van der Waals surface area contributed by atoms with Crippen LogP contribution < -0.4 is 9.64 Å². The van der Waals surface area contributed by atoms with Crippen molar-refractivity contribution in [3.8, 4) is 5.75 Å². The Morgan fingerprint density at radius 3 is 2.72 bits per heavy atom. The average Bonchev–Trinajstić information content (AvgIpc) is 2.56. The Bertz CT molecular complexity index is 463. The van der Waals surface area contributed by atoms with Gasteiger partial charge in [0.15, 0.2) is 0 Å². The normalized spacial score (nSPS) is 20.3. The summed E-state index contributed by atoms with van der Waals surface area (Å²) in [7, 11) is 0. The predicted molar refractivity (Wildman–Crippen MR) is 52.6 cm³/mol. The summed E-state index contributed by atoms with van der Waals surface area (Å²) in [6.45, 7) is -0.328. The molecular formula is C10H8F3NO4. The highest BCUT2D eigenvalue weighted by Gasteiger charge is 2.34. The summed E-state index contributed by atoms with van der Waals surface area (Å²) in [5.41, 5.74) is 0.0618. The number of aliphatic hydroxyl groups excluding tert-OH is 1. The van der Waals surface area contributed by atoms with Crippen LogP contribution in [0.2, 0.25) is 0 Å². The van der Waals surface area contributed by atoms with Crippen LogP contribution in [0.4, 0.5) is 18.9 Å². The molecule has 1 saturated heterocycles. The molecule has 0 aliphatic carbocycles. The monoisotopic (exact) mass is 263 g/mol. The molecule has 1 fully saturated rings. The summed E-state index contributed by atoms with van der Waals surface area (Å²) in [5.74, 6) is -1.03. The Morgan fingerprint density at radius 1 is 1.44 bits per heavy atom. The highest BCUT2D eigenvalue weighted by atomic mass is 19.4. The molecule has 1 unspecified atom stereocenters. The number of amides is 1. The first-order chi connectivity index (χ1) is 8.37. The van der Waals surface area contributed by atoms with Gasteiger partial charge in [-0.2, -0.15) is 0 Å². The fourth-order valence-corrected chi connectivity index (χ4v) is 1.52. The van der Waals surface area contributed by atoms with Gasteiger partial charge in [0.05, 0.1) is 5.69 Å². The van der Waals surface area contributed by atoms with Crippen LogP contribution in [0.25, 0.3) is 0 Å². The Balaban J connectivity index is 2.24. The van der Waals surface area contributed by atoms with Gasteiger partial charge in [-0.05, 0) is 12.1 Å². The lowest BCUT2D eigenvalue weighted by molar-refractivity contribution is -0.274. The number of halogens is 3. The Labute approximate surface area is 99.3 Å². The highest BCUT2D eigenvalue weighted by molar-refractivity contribution is 5.96. The number of nitrogens with zero attached hydrogens (tertiary/aromatic N) is 1. The number of anilines is 1. The molecule has 1 heterocycles. The van der Waals surface area contributed by atoms with Gasteiger partial charge in [0, 0.05) is 6.07 Å². The summed E-state index contributed by atoms with van der Waals surface area (Å²) < 4.78 is 44.4. The van der Waals surface area contributed by atoms with Crippen LogP contribution in [0.3, 0.4) is 0 Å². The van der Waals surface area contributed by atoms with Crippen molar-refractivity contribution in [2.45, 2.75) is 12.8 Å². The predicted octanol–water partition coefficient (Wildman–Crippen LogP) is 1.22. The van der Waals surface area contributed by atoms with Crippen LogP contribution in [0.15, 0.2) is 24.3 Å². The lowest BCUT2D eigenvalue weighted by Gasteiger charge is -2.19. The molecule has 1 aromatic carbocycles. The molecule has 1 aliphatic rings. The van der Waals surface area contributed by atoms with Gasteiger partial charge >= 0.3 is 6.36 Å². The maximum Gasteiger partial charge on any atom is 0.573 e. The molecule has 1 atom stereocenters. The van der Waals surface area contributed by atoms with E-state index < -0.39 is 24.4 Å².